The van der Waals surface area contributed by atoms with Crippen LogP contribution in [0.5, 0.6) is 0 Å². The van der Waals surface area contributed by atoms with E-state index in [4.69, 9.17) is 46.4 Å². The van der Waals surface area contributed by atoms with Crippen LogP contribution in [0.1, 0.15) is 33.0 Å². The number of aryl methyl sites for hydroxylation is 1. The number of benzene rings is 2. The summed E-state index contributed by atoms with van der Waals surface area (Å²) in [6.07, 6.45) is -4.69. The van der Waals surface area contributed by atoms with Gasteiger partial charge in [0.25, 0.3) is 0 Å². The van der Waals surface area contributed by atoms with Gasteiger partial charge in [-0.3, -0.25) is 4.79 Å². The Bertz CT molecular complexity index is 1060. The van der Waals surface area contributed by atoms with Crippen LogP contribution in [0.15, 0.2) is 30.3 Å². The number of carbonyl (C=O) groups is 2. The van der Waals surface area contributed by atoms with Crippen LogP contribution in [0, 0.1) is 12.8 Å². The molecule has 0 unspecified atom stereocenters. The van der Waals surface area contributed by atoms with Gasteiger partial charge in [0.15, 0.2) is 0 Å². The Morgan fingerprint density at radius 1 is 1.13 bits per heavy atom. The van der Waals surface area contributed by atoms with Crippen LogP contribution < -0.4 is 5.32 Å². The Kier molecular flexibility index (Phi) is 5.97. The van der Waals surface area contributed by atoms with Gasteiger partial charge in [0.05, 0.1) is 27.1 Å². The van der Waals surface area contributed by atoms with E-state index in [9.17, 15) is 27.9 Å². The summed E-state index contributed by atoms with van der Waals surface area (Å²) >= 11 is 24.0. The molecule has 11 heteroatoms. The largest absolute Gasteiger partial charge is 0.478 e. The van der Waals surface area contributed by atoms with Gasteiger partial charge in [-0.25, -0.2) is 4.79 Å². The van der Waals surface area contributed by atoms with Crippen molar-refractivity contribution in [2.24, 2.45) is 5.92 Å². The number of nitrogens with one attached hydrogen (secondary N) is 1. The normalized spacial score (nSPS) is 20.0. The second-order valence-electron chi connectivity index (χ2n) is 6.82. The third-order valence-corrected chi connectivity index (χ3v) is 6.52. The number of carboxylic acid groups (broad SMARTS) is 1. The maximum atomic E-state index is 13.1. The quantitative estimate of drug-likeness (QED) is 0.468. The summed E-state index contributed by atoms with van der Waals surface area (Å²) in [5, 5.41) is 11.3. The fourth-order valence-electron chi connectivity index (χ4n) is 3.24. The van der Waals surface area contributed by atoms with Gasteiger partial charge in [0, 0.05) is 11.6 Å². The minimum absolute atomic E-state index is 0.0228. The molecule has 0 aromatic heterocycles. The monoisotopic (exact) mass is 499 g/mol. The van der Waals surface area contributed by atoms with Gasteiger partial charge in [0.1, 0.15) is 4.33 Å². The van der Waals surface area contributed by atoms with Crippen molar-refractivity contribution < 1.29 is 27.9 Å². The zero-order valence-corrected chi connectivity index (χ0v) is 18.0. The second-order valence-corrected chi connectivity index (χ2v) is 9.05. The molecule has 0 radical (unpaired) electrons. The Morgan fingerprint density at radius 2 is 1.77 bits per heavy atom. The number of anilines is 1. The van der Waals surface area contributed by atoms with E-state index in [1.807, 2.05) is 0 Å². The molecule has 2 aromatic carbocycles. The van der Waals surface area contributed by atoms with Crippen LogP contribution >= 0.6 is 46.4 Å². The summed E-state index contributed by atoms with van der Waals surface area (Å²) in [7, 11) is 0. The Hall–Kier alpha value is -1.67. The molecule has 0 spiro atoms. The first-order chi connectivity index (χ1) is 13.7. The number of carboxylic acids is 1. The lowest BCUT2D eigenvalue weighted by Gasteiger charge is -2.11. The zero-order valence-electron chi connectivity index (χ0n) is 15.0. The van der Waals surface area contributed by atoms with Gasteiger partial charge >= 0.3 is 12.1 Å². The van der Waals surface area contributed by atoms with Crippen LogP contribution in [0.4, 0.5) is 18.9 Å². The molecule has 0 heterocycles. The highest BCUT2D eigenvalue weighted by atomic mass is 35.5. The van der Waals surface area contributed by atoms with Gasteiger partial charge < -0.3 is 10.4 Å². The first kappa shape index (κ1) is 23.0. The minimum atomic E-state index is -4.69. The van der Waals surface area contributed by atoms with Crippen molar-refractivity contribution in [2.45, 2.75) is 23.4 Å². The number of alkyl halides is 5. The van der Waals surface area contributed by atoms with E-state index in [2.05, 4.69) is 5.32 Å². The van der Waals surface area contributed by atoms with E-state index < -0.39 is 44.8 Å². The minimum Gasteiger partial charge on any atom is -0.478 e. The summed E-state index contributed by atoms with van der Waals surface area (Å²) in [5.74, 6) is -3.93. The maximum Gasteiger partial charge on any atom is 0.417 e. The fraction of sp³-hybridized carbons (Fsp3) is 0.263. The third kappa shape index (κ3) is 4.21. The van der Waals surface area contributed by atoms with E-state index in [-0.39, 0.29) is 21.8 Å². The number of halogens is 7. The number of hydrogen-bond donors (Lipinski definition) is 2. The lowest BCUT2D eigenvalue weighted by molar-refractivity contribution is -0.137. The highest BCUT2D eigenvalue weighted by Crippen LogP contribution is 2.65. The molecule has 1 aliphatic carbocycles. The van der Waals surface area contributed by atoms with Crippen LogP contribution in [0.2, 0.25) is 10.0 Å². The molecule has 4 nitrogen and oxygen atoms in total. The van der Waals surface area contributed by atoms with Gasteiger partial charge in [-0.05, 0) is 42.3 Å². The molecule has 2 N–H and O–H groups in total. The number of carbonyl (C=O) groups excluding carboxylic acids is 1. The van der Waals surface area contributed by atoms with Crippen molar-refractivity contribution in [3.8, 4) is 0 Å². The van der Waals surface area contributed by atoms with Crippen molar-refractivity contribution in [3.63, 3.8) is 0 Å². The number of rotatable bonds is 4. The van der Waals surface area contributed by atoms with E-state index >= 15 is 0 Å². The van der Waals surface area contributed by atoms with E-state index in [0.29, 0.717) is 5.56 Å². The van der Waals surface area contributed by atoms with Crippen molar-refractivity contribution in [1.29, 1.82) is 0 Å². The molecule has 2 atom stereocenters. The first-order valence-electron chi connectivity index (χ1n) is 8.34. The number of hydrogen-bond acceptors (Lipinski definition) is 2. The molecule has 3 rings (SSSR count). The zero-order chi connectivity index (χ0) is 22.6. The van der Waals surface area contributed by atoms with Gasteiger partial charge in [-0.1, -0.05) is 29.3 Å². The van der Waals surface area contributed by atoms with Crippen molar-refractivity contribution in [1.82, 2.24) is 0 Å². The molecule has 2 aromatic rings. The van der Waals surface area contributed by atoms with Crippen LogP contribution in [0.25, 0.3) is 0 Å². The number of amides is 1. The second kappa shape index (κ2) is 7.79. The third-order valence-electron chi connectivity index (χ3n) is 4.74. The predicted octanol–water partition coefficient (Wildman–Crippen LogP) is 6.54. The Morgan fingerprint density at radius 3 is 2.33 bits per heavy atom. The van der Waals surface area contributed by atoms with Crippen LogP contribution in [-0.4, -0.2) is 21.3 Å². The predicted molar refractivity (Wildman–Crippen MR) is 109 cm³/mol. The molecule has 1 fully saturated rings. The van der Waals surface area contributed by atoms with Gasteiger partial charge in [-0.15, -0.1) is 23.2 Å². The summed E-state index contributed by atoms with van der Waals surface area (Å²) < 4.78 is 37.8. The smallest absolute Gasteiger partial charge is 0.417 e. The summed E-state index contributed by atoms with van der Waals surface area (Å²) in [5.41, 5.74) is -0.613. The lowest BCUT2D eigenvalue weighted by Crippen LogP contribution is -2.17. The summed E-state index contributed by atoms with van der Waals surface area (Å²) in [4.78, 5) is 24.0. The topological polar surface area (TPSA) is 66.4 Å². The number of aromatic carboxylic acids is 1. The van der Waals surface area contributed by atoms with Crippen molar-refractivity contribution in [2.75, 3.05) is 5.32 Å². The van der Waals surface area contributed by atoms with Crippen molar-refractivity contribution >= 4 is 64.0 Å². The van der Waals surface area contributed by atoms with Crippen molar-refractivity contribution in [3.05, 3.63) is 62.6 Å². The average Bonchev–Trinajstić information content (AvgIpc) is 3.19. The molecule has 1 amide bonds. The van der Waals surface area contributed by atoms with E-state index in [1.165, 1.54) is 18.2 Å². The highest BCUT2D eigenvalue weighted by Gasteiger charge is 2.67. The molecule has 30 heavy (non-hydrogen) atoms. The molecule has 1 aliphatic rings. The first-order valence-corrected chi connectivity index (χ1v) is 9.85. The maximum absolute atomic E-state index is 13.1. The molecular weight excluding hydrogens is 489 g/mol. The molecule has 0 bridgehead atoms. The van der Waals surface area contributed by atoms with Crippen LogP contribution in [0.3, 0.4) is 0 Å². The summed E-state index contributed by atoms with van der Waals surface area (Å²) in [6, 6.07) is 5.83. The molecule has 0 aliphatic heterocycles. The molecule has 1 saturated carbocycles. The SMILES string of the molecule is Cc1cc(NC(=O)[C@H]2[C@H](c3ccc(Cl)c(C(F)(F)F)c3)C2(Cl)Cl)cc(C(=O)O)c1Cl. The molecule has 160 valence electrons. The Labute approximate surface area is 188 Å². The summed E-state index contributed by atoms with van der Waals surface area (Å²) in [6.45, 7) is 1.56. The average molecular weight is 501 g/mol. The van der Waals surface area contributed by atoms with Gasteiger partial charge in [0.2, 0.25) is 5.91 Å². The van der Waals surface area contributed by atoms with Crippen LogP contribution in [-0.2, 0) is 11.0 Å². The molecular formula is C19H12Cl4F3NO3. The standard InChI is InChI=1S/C19H12Cl4F3NO3/c1-7-4-9(6-10(15(7)21)17(29)30)27-16(28)14-13(18(14,22)23)8-2-3-12(20)11(5-8)19(24,25)26/h2-6,13-14H,1H3,(H,27,28)(H,29,30)/t13-,14+/m0/s1. The van der Waals surface area contributed by atoms with Gasteiger partial charge in [-0.2, -0.15) is 13.2 Å². The fourth-order valence-corrected chi connectivity index (χ4v) is 4.48. The van der Waals surface area contributed by atoms with E-state index in [0.717, 1.165) is 12.1 Å². The Balaban J connectivity index is 1.88. The highest BCUT2D eigenvalue weighted by molar-refractivity contribution is 6.53. The lowest BCUT2D eigenvalue weighted by atomic mass is 10.0. The molecule has 0 saturated heterocycles. The van der Waals surface area contributed by atoms with E-state index in [1.54, 1.807) is 6.92 Å².